The average molecular weight is 291 g/mol. The van der Waals surface area contributed by atoms with Crippen molar-refractivity contribution in [2.75, 3.05) is 0 Å². The molecule has 3 aromatic rings. The first-order valence-corrected chi connectivity index (χ1v) is 6.77. The Balaban J connectivity index is 2.00. The van der Waals surface area contributed by atoms with E-state index in [-0.39, 0.29) is 5.82 Å². The van der Waals surface area contributed by atoms with Gasteiger partial charge >= 0.3 is 0 Å². The quantitative estimate of drug-likeness (QED) is 0.691. The Morgan fingerprint density at radius 3 is 2.21 bits per heavy atom. The predicted molar refractivity (Wildman–Crippen MR) is 75.1 cm³/mol. The molecule has 0 saturated heterocycles. The number of rotatable bonds is 2. The molecule has 5 heteroatoms. The summed E-state index contributed by atoms with van der Waals surface area (Å²) < 4.78 is 12.8. The van der Waals surface area contributed by atoms with Crippen molar-refractivity contribution in [2.24, 2.45) is 0 Å². The molecular weight excluding hydrogens is 283 g/mol. The van der Waals surface area contributed by atoms with Gasteiger partial charge < -0.3 is 0 Å². The molecule has 0 aliphatic carbocycles. The van der Waals surface area contributed by atoms with Crippen LogP contribution in [0.5, 0.6) is 0 Å². The summed E-state index contributed by atoms with van der Waals surface area (Å²) in [5.74, 6) is -0.264. The fourth-order valence-electron chi connectivity index (χ4n) is 1.64. The molecule has 0 aliphatic heterocycles. The van der Waals surface area contributed by atoms with Crippen LogP contribution in [0.25, 0.3) is 11.0 Å². The molecule has 0 aliphatic rings. The van der Waals surface area contributed by atoms with Crippen molar-refractivity contribution >= 4 is 34.4 Å². The Bertz CT molecular complexity index is 731. The molecule has 0 unspecified atom stereocenters. The van der Waals surface area contributed by atoms with Gasteiger partial charge in [0.1, 0.15) is 10.8 Å². The summed E-state index contributed by atoms with van der Waals surface area (Å²) in [4.78, 5) is 9.63. The molecule has 1 aromatic heterocycles. The van der Waals surface area contributed by atoms with Gasteiger partial charge in [-0.1, -0.05) is 35.5 Å². The maximum absolute atomic E-state index is 12.8. The minimum Gasteiger partial charge on any atom is -0.236 e. The van der Waals surface area contributed by atoms with Crippen LogP contribution < -0.4 is 0 Å². The van der Waals surface area contributed by atoms with Crippen molar-refractivity contribution in [3.05, 3.63) is 59.5 Å². The van der Waals surface area contributed by atoms with Crippen LogP contribution in [0.3, 0.4) is 0 Å². The van der Waals surface area contributed by atoms with Gasteiger partial charge in [-0.25, -0.2) is 14.4 Å². The van der Waals surface area contributed by atoms with E-state index < -0.39 is 0 Å². The van der Waals surface area contributed by atoms with Gasteiger partial charge in [0, 0.05) is 4.90 Å². The molecule has 0 saturated carbocycles. The second kappa shape index (κ2) is 5.15. The minimum atomic E-state index is -0.264. The Kier molecular flexibility index (Phi) is 3.36. The normalized spacial score (nSPS) is 10.8. The van der Waals surface area contributed by atoms with Crippen LogP contribution >= 0.6 is 23.4 Å². The molecule has 0 fully saturated rings. The molecular formula is C14H8ClFN2S. The van der Waals surface area contributed by atoms with Crippen molar-refractivity contribution in [3.8, 4) is 0 Å². The third kappa shape index (κ3) is 2.69. The maximum Gasteiger partial charge on any atom is 0.162 e. The summed E-state index contributed by atoms with van der Waals surface area (Å²) >= 11 is 7.48. The van der Waals surface area contributed by atoms with Crippen LogP contribution in [0.2, 0.25) is 5.15 Å². The minimum absolute atomic E-state index is 0.264. The molecule has 3 rings (SSSR count). The summed E-state index contributed by atoms with van der Waals surface area (Å²) in [5.41, 5.74) is 1.55. The zero-order valence-corrected chi connectivity index (χ0v) is 11.2. The van der Waals surface area contributed by atoms with Gasteiger partial charge in [0.15, 0.2) is 5.15 Å². The van der Waals surface area contributed by atoms with Crippen molar-refractivity contribution in [1.82, 2.24) is 9.97 Å². The number of nitrogens with zero attached hydrogens (tertiary/aromatic N) is 2. The van der Waals surface area contributed by atoms with Crippen molar-refractivity contribution in [2.45, 2.75) is 9.92 Å². The van der Waals surface area contributed by atoms with Gasteiger partial charge in [-0.05, 0) is 36.4 Å². The lowest BCUT2D eigenvalue weighted by Gasteiger charge is -2.04. The van der Waals surface area contributed by atoms with E-state index in [1.807, 2.05) is 24.3 Å². The summed E-state index contributed by atoms with van der Waals surface area (Å²) in [6.45, 7) is 0. The number of hydrogen-bond donors (Lipinski definition) is 0. The summed E-state index contributed by atoms with van der Waals surface area (Å²) in [6.07, 6.45) is 0. The Labute approximate surface area is 118 Å². The Hall–Kier alpha value is -1.65. The van der Waals surface area contributed by atoms with Crippen molar-refractivity contribution in [3.63, 3.8) is 0 Å². The fourth-order valence-corrected chi connectivity index (χ4v) is 2.66. The molecule has 1 heterocycles. The van der Waals surface area contributed by atoms with Crippen LogP contribution in [-0.4, -0.2) is 9.97 Å². The van der Waals surface area contributed by atoms with Crippen LogP contribution in [0.4, 0.5) is 4.39 Å². The lowest BCUT2D eigenvalue weighted by molar-refractivity contribution is 0.626. The average Bonchev–Trinajstić information content (AvgIpc) is 2.42. The van der Waals surface area contributed by atoms with Crippen LogP contribution in [0.15, 0.2) is 58.5 Å². The Morgan fingerprint density at radius 2 is 1.53 bits per heavy atom. The Morgan fingerprint density at radius 1 is 0.895 bits per heavy atom. The fraction of sp³-hybridized carbons (Fsp3) is 0. The highest BCUT2D eigenvalue weighted by Crippen LogP contribution is 2.31. The zero-order chi connectivity index (χ0) is 13.2. The van der Waals surface area contributed by atoms with Crippen molar-refractivity contribution in [1.29, 1.82) is 0 Å². The molecule has 94 valence electrons. The third-order valence-electron chi connectivity index (χ3n) is 2.53. The summed E-state index contributed by atoms with van der Waals surface area (Å²) in [6, 6.07) is 13.7. The number of hydrogen-bond acceptors (Lipinski definition) is 3. The van der Waals surface area contributed by atoms with Gasteiger partial charge in [-0.3, -0.25) is 0 Å². The first-order valence-electron chi connectivity index (χ1n) is 5.58. The number of para-hydroxylation sites is 2. The van der Waals surface area contributed by atoms with E-state index in [9.17, 15) is 4.39 Å². The van der Waals surface area contributed by atoms with E-state index in [4.69, 9.17) is 11.6 Å². The molecule has 0 N–H and O–H groups in total. The topological polar surface area (TPSA) is 25.8 Å². The predicted octanol–water partition coefficient (Wildman–Crippen LogP) is 4.57. The first-order chi connectivity index (χ1) is 9.22. The highest BCUT2D eigenvalue weighted by Gasteiger charge is 2.08. The van der Waals surface area contributed by atoms with Crippen LogP contribution in [-0.2, 0) is 0 Å². The van der Waals surface area contributed by atoms with E-state index in [0.29, 0.717) is 10.2 Å². The largest absolute Gasteiger partial charge is 0.236 e. The van der Waals surface area contributed by atoms with Gasteiger partial charge in [0.25, 0.3) is 0 Å². The SMILES string of the molecule is Fc1ccc(Sc2nc3ccccc3nc2Cl)cc1. The van der Waals surface area contributed by atoms with Crippen molar-refractivity contribution < 1.29 is 4.39 Å². The number of benzene rings is 2. The number of halogens is 2. The standard InChI is InChI=1S/C14H8ClFN2S/c15-13-14(19-10-7-5-9(16)6-8-10)18-12-4-2-1-3-11(12)17-13/h1-8H. The van der Waals surface area contributed by atoms with E-state index in [0.717, 1.165) is 15.9 Å². The van der Waals surface area contributed by atoms with Gasteiger partial charge in [0.05, 0.1) is 11.0 Å². The van der Waals surface area contributed by atoms with E-state index in [2.05, 4.69) is 9.97 Å². The molecule has 0 atom stereocenters. The highest BCUT2D eigenvalue weighted by molar-refractivity contribution is 7.99. The number of aromatic nitrogens is 2. The summed E-state index contributed by atoms with van der Waals surface area (Å²) in [5, 5.41) is 0.972. The monoisotopic (exact) mass is 290 g/mol. The third-order valence-corrected chi connectivity index (χ3v) is 3.89. The van der Waals surface area contributed by atoms with E-state index in [1.54, 1.807) is 12.1 Å². The van der Waals surface area contributed by atoms with Crippen LogP contribution in [0.1, 0.15) is 0 Å². The highest BCUT2D eigenvalue weighted by atomic mass is 35.5. The molecule has 2 aromatic carbocycles. The van der Waals surface area contributed by atoms with E-state index >= 15 is 0 Å². The van der Waals surface area contributed by atoms with Gasteiger partial charge in [0.2, 0.25) is 0 Å². The molecule has 0 amide bonds. The maximum atomic E-state index is 12.8. The van der Waals surface area contributed by atoms with Gasteiger partial charge in [-0.2, -0.15) is 0 Å². The second-order valence-electron chi connectivity index (χ2n) is 3.86. The molecule has 0 bridgehead atoms. The molecule has 0 spiro atoms. The first kappa shape index (κ1) is 12.4. The smallest absolute Gasteiger partial charge is 0.162 e. The molecule has 0 radical (unpaired) electrons. The molecule has 2 nitrogen and oxygen atoms in total. The number of fused-ring (bicyclic) bond motifs is 1. The lowest BCUT2D eigenvalue weighted by atomic mass is 10.3. The van der Waals surface area contributed by atoms with Gasteiger partial charge in [-0.15, -0.1) is 0 Å². The van der Waals surface area contributed by atoms with E-state index in [1.165, 1.54) is 23.9 Å². The van der Waals surface area contributed by atoms with Crippen LogP contribution in [0, 0.1) is 5.82 Å². The summed E-state index contributed by atoms with van der Waals surface area (Å²) in [7, 11) is 0. The lowest BCUT2D eigenvalue weighted by Crippen LogP contribution is -1.89. The zero-order valence-electron chi connectivity index (χ0n) is 9.68. The molecule has 19 heavy (non-hydrogen) atoms. The second-order valence-corrected chi connectivity index (χ2v) is 5.28.